The van der Waals surface area contributed by atoms with Gasteiger partial charge >= 0.3 is 0 Å². The van der Waals surface area contributed by atoms with E-state index in [4.69, 9.17) is 14.9 Å². The molecule has 2 aromatic heterocycles. The number of benzene rings is 1. The number of nitrogens with zero attached hydrogens (tertiary/aromatic N) is 2. The Kier molecular flexibility index (Phi) is 10.2. The highest BCUT2D eigenvalue weighted by atomic mass is 16.5. The minimum Gasteiger partial charge on any atom is -0.488 e. The van der Waals surface area contributed by atoms with Crippen molar-refractivity contribution < 1.29 is 9.47 Å². The van der Waals surface area contributed by atoms with Gasteiger partial charge in [-0.25, -0.2) is 4.98 Å². The third kappa shape index (κ3) is 7.05. The normalized spacial score (nSPS) is 9.48. The van der Waals surface area contributed by atoms with E-state index in [0.29, 0.717) is 18.1 Å². The van der Waals surface area contributed by atoms with Crippen LogP contribution in [0.5, 0.6) is 11.6 Å². The Morgan fingerprint density at radius 2 is 1.63 bits per heavy atom. The zero-order valence-electron chi connectivity index (χ0n) is 16.7. The van der Waals surface area contributed by atoms with E-state index in [1.54, 1.807) is 13.3 Å². The van der Waals surface area contributed by atoms with Gasteiger partial charge in [-0.1, -0.05) is 56.5 Å². The van der Waals surface area contributed by atoms with Gasteiger partial charge in [-0.15, -0.1) is 0 Å². The van der Waals surface area contributed by atoms with Crippen LogP contribution in [0.1, 0.15) is 37.8 Å². The van der Waals surface area contributed by atoms with Crippen molar-refractivity contribution in [3.63, 3.8) is 0 Å². The number of aromatic nitrogens is 2. The first-order chi connectivity index (χ1) is 13.2. The van der Waals surface area contributed by atoms with E-state index in [1.807, 2.05) is 18.2 Å². The highest BCUT2D eigenvalue weighted by molar-refractivity contribution is 5.82. The summed E-state index contributed by atoms with van der Waals surface area (Å²) in [5, 5.41) is 6.38. The van der Waals surface area contributed by atoms with Crippen LogP contribution in [0.4, 0.5) is 0 Å². The molecule has 0 spiro atoms. The number of fused-ring (bicyclic) bond motifs is 1. The lowest BCUT2D eigenvalue weighted by Gasteiger charge is -2.09. The molecule has 0 radical (unpaired) electrons. The van der Waals surface area contributed by atoms with Crippen LogP contribution in [0.15, 0.2) is 48.7 Å². The van der Waals surface area contributed by atoms with Crippen LogP contribution in [-0.2, 0) is 6.61 Å². The number of nitrogens with one attached hydrogen (secondary N) is 1. The fourth-order valence-corrected chi connectivity index (χ4v) is 2.07. The highest BCUT2D eigenvalue weighted by Gasteiger charge is 2.06. The largest absolute Gasteiger partial charge is 0.488 e. The van der Waals surface area contributed by atoms with Gasteiger partial charge in [-0.2, -0.15) is 4.98 Å². The molecule has 3 rings (SSSR count). The van der Waals surface area contributed by atoms with Gasteiger partial charge in [-0.3, -0.25) is 0 Å². The molecule has 1 aromatic carbocycles. The fraction of sp³-hybridized carbons (Fsp3) is 0.318. The first-order valence-corrected chi connectivity index (χ1v) is 9.01. The molecule has 3 aromatic rings. The summed E-state index contributed by atoms with van der Waals surface area (Å²) in [5.74, 6) is 1.32. The van der Waals surface area contributed by atoms with Crippen molar-refractivity contribution in [2.24, 2.45) is 0 Å². The van der Waals surface area contributed by atoms with E-state index in [9.17, 15) is 0 Å². The van der Waals surface area contributed by atoms with Crippen LogP contribution in [0.3, 0.4) is 0 Å². The minimum absolute atomic E-state index is 0.519. The smallest absolute Gasteiger partial charge is 0.215 e. The Bertz CT molecular complexity index is 802. The Morgan fingerprint density at radius 3 is 2.22 bits per heavy atom. The third-order valence-corrected chi connectivity index (χ3v) is 3.76. The summed E-state index contributed by atoms with van der Waals surface area (Å²) in [6, 6.07) is 13.9. The Balaban J connectivity index is 0.000000541. The van der Waals surface area contributed by atoms with Crippen LogP contribution < -0.4 is 9.47 Å². The maximum atomic E-state index is 5.90. The predicted molar refractivity (Wildman–Crippen MR) is 112 cm³/mol. The number of aryl methyl sites for hydroxylation is 1. The quantitative estimate of drug-likeness (QED) is 0.596. The molecule has 5 nitrogen and oxygen atoms in total. The average Bonchev–Trinajstić information content (AvgIpc) is 2.74. The third-order valence-electron chi connectivity index (χ3n) is 3.76. The summed E-state index contributed by atoms with van der Waals surface area (Å²) in [6.45, 7) is 9.45. The van der Waals surface area contributed by atoms with E-state index in [0.717, 1.165) is 16.7 Å². The van der Waals surface area contributed by atoms with Crippen LogP contribution in [0, 0.1) is 12.3 Å². The summed E-state index contributed by atoms with van der Waals surface area (Å²) >= 11 is 0. The monoisotopic (exact) mass is 367 g/mol. The van der Waals surface area contributed by atoms with Crippen LogP contribution >= 0.6 is 0 Å². The topological polar surface area (TPSA) is 68.1 Å². The lowest BCUT2D eigenvalue weighted by molar-refractivity contribution is 0.309. The highest BCUT2D eigenvalue weighted by Crippen LogP contribution is 2.25. The molecule has 0 bridgehead atoms. The van der Waals surface area contributed by atoms with Gasteiger partial charge in [0.25, 0.3) is 0 Å². The molecule has 0 atom stereocenters. The molecule has 0 amide bonds. The van der Waals surface area contributed by atoms with Gasteiger partial charge < -0.3 is 14.9 Å². The molecule has 0 aliphatic carbocycles. The molecule has 2 heterocycles. The summed E-state index contributed by atoms with van der Waals surface area (Å²) in [7, 11) is 1.59. The first kappa shape index (κ1) is 22.1. The second-order valence-electron chi connectivity index (χ2n) is 5.81. The van der Waals surface area contributed by atoms with E-state index in [-0.39, 0.29) is 0 Å². The predicted octanol–water partition coefficient (Wildman–Crippen LogP) is 5.60. The van der Waals surface area contributed by atoms with E-state index in [2.05, 4.69) is 61.7 Å². The van der Waals surface area contributed by atoms with Crippen LogP contribution in [0.2, 0.25) is 0 Å². The van der Waals surface area contributed by atoms with Gasteiger partial charge in [0.15, 0.2) is 5.65 Å². The zero-order chi connectivity index (χ0) is 20.1. The molecule has 0 saturated heterocycles. The van der Waals surface area contributed by atoms with Gasteiger partial charge in [0.05, 0.1) is 12.5 Å². The summed E-state index contributed by atoms with van der Waals surface area (Å²) < 4.78 is 11.0. The molecule has 0 fully saturated rings. The fourth-order valence-electron chi connectivity index (χ4n) is 2.07. The maximum absolute atomic E-state index is 5.90. The Labute approximate surface area is 161 Å². The van der Waals surface area contributed by atoms with E-state index < -0.39 is 0 Å². The summed E-state index contributed by atoms with van der Waals surface area (Å²) in [5.41, 5.74) is 2.99. The second kappa shape index (κ2) is 12.4. The number of hydrogen-bond donors (Lipinski definition) is 1. The molecular formula is C22H29N3O2. The number of ether oxygens (including phenoxy) is 2. The van der Waals surface area contributed by atoms with Gasteiger partial charge in [-0.05, 0) is 31.3 Å². The molecule has 144 valence electrons. The second-order valence-corrected chi connectivity index (χ2v) is 5.81. The molecule has 0 unspecified atom stereocenters. The van der Waals surface area contributed by atoms with Crippen molar-refractivity contribution in [1.82, 2.24) is 9.97 Å². The van der Waals surface area contributed by atoms with Gasteiger partial charge in [0.2, 0.25) is 5.88 Å². The lowest BCUT2D eigenvalue weighted by Crippen LogP contribution is -1.97. The molecule has 5 heteroatoms. The SMILES string of the molecule is C=N.CCCC.COc1ccc2c(OCc3ccc(C)cc3)ccnc2n1. The number of hydrogen-bond acceptors (Lipinski definition) is 5. The van der Waals surface area contributed by atoms with Crippen molar-refractivity contribution in [3.8, 4) is 11.6 Å². The molecule has 27 heavy (non-hydrogen) atoms. The minimum atomic E-state index is 0.519. The number of methoxy groups -OCH3 is 1. The van der Waals surface area contributed by atoms with Crippen LogP contribution in [-0.4, -0.2) is 23.8 Å². The maximum Gasteiger partial charge on any atom is 0.215 e. The Morgan fingerprint density at radius 1 is 0.963 bits per heavy atom. The Hall–Kier alpha value is -2.95. The first-order valence-electron chi connectivity index (χ1n) is 9.01. The van der Waals surface area contributed by atoms with E-state index in [1.165, 1.54) is 18.4 Å². The summed E-state index contributed by atoms with van der Waals surface area (Å²) in [6.07, 6.45) is 4.33. The number of rotatable bonds is 5. The standard InChI is InChI=1S/C17H16N2O2.C4H10.CH3N/c1-12-3-5-13(6-4-12)11-21-15-9-10-18-17-14(15)7-8-16(19-17)20-2;1-3-4-2;1-2/h3-10H,11H2,1-2H3;3-4H2,1-2H3;2H,1H2. The molecule has 0 aliphatic heterocycles. The van der Waals surface area contributed by atoms with Gasteiger partial charge in [0.1, 0.15) is 12.4 Å². The lowest BCUT2D eigenvalue weighted by atomic mass is 10.2. The molecule has 0 aliphatic rings. The average molecular weight is 367 g/mol. The van der Waals surface area contributed by atoms with Crippen LogP contribution in [0.25, 0.3) is 11.0 Å². The number of unbranched alkanes of at least 4 members (excludes halogenated alkanes) is 1. The van der Waals surface area contributed by atoms with E-state index >= 15 is 0 Å². The van der Waals surface area contributed by atoms with Crippen molar-refractivity contribution in [1.29, 1.82) is 5.41 Å². The van der Waals surface area contributed by atoms with Crippen molar-refractivity contribution >= 4 is 17.8 Å². The number of pyridine rings is 2. The molecule has 0 saturated carbocycles. The zero-order valence-corrected chi connectivity index (χ0v) is 16.7. The molecular weight excluding hydrogens is 338 g/mol. The molecule has 1 N–H and O–H groups in total. The van der Waals surface area contributed by atoms with Crippen molar-refractivity contribution in [3.05, 3.63) is 59.8 Å². The van der Waals surface area contributed by atoms with Crippen molar-refractivity contribution in [2.45, 2.75) is 40.2 Å². The summed E-state index contributed by atoms with van der Waals surface area (Å²) in [4.78, 5) is 8.55. The van der Waals surface area contributed by atoms with Crippen molar-refractivity contribution in [2.75, 3.05) is 7.11 Å². The van der Waals surface area contributed by atoms with Gasteiger partial charge in [0, 0.05) is 12.3 Å².